The van der Waals surface area contributed by atoms with E-state index < -0.39 is 0 Å². The smallest absolute Gasteiger partial charge is 0.223 e. The molecule has 1 saturated carbocycles. The average Bonchev–Trinajstić information content (AvgIpc) is 3.13. The highest BCUT2D eigenvalue weighted by Gasteiger charge is 2.41. The number of hydrogen-bond donors (Lipinski definition) is 3. The number of rotatable bonds is 6. The van der Waals surface area contributed by atoms with Gasteiger partial charge in [0.1, 0.15) is 0 Å². The van der Waals surface area contributed by atoms with E-state index in [1.54, 1.807) is 0 Å². The van der Waals surface area contributed by atoms with E-state index in [0.29, 0.717) is 31.3 Å². The van der Waals surface area contributed by atoms with Crippen LogP contribution in [0.25, 0.3) is 0 Å². The molecular formula is C15H27IN4O2. The molecule has 3 unspecified atom stereocenters. The van der Waals surface area contributed by atoms with Crippen molar-refractivity contribution in [3.63, 3.8) is 0 Å². The fraction of sp³-hybridized carbons (Fsp3) is 0.867. The molecule has 3 rings (SSSR count). The second-order valence-corrected chi connectivity index (χ2v) is 6.19. The predicted molar refractivity (Wildman–Crippen MR) is 96.6 cm³/mol. The summed E-state index contributed by atoms with van der Waals surface area (Å²) < 4.78 is 5.85. The van der Waals surface area contributed by atoms with Crippen molar-refractivity contribution >= 4 is 35.8 Å². The van der Waals surface area contributed by atoms with Gasteiger partial charge in [0.2, 0.25) is 5.91 Å². The zero-order chi connectivity index (χ0) is 14.7. The highest BCUT2D eigenvalue weighted by molar-refractivity contribution is 14.0. The first-order valence-electron chi connectivity index (χ1n) is 8.24. The van der Waals surface area contributed by atoms with Crippen molar-refractivity contribution in [2.75, 3.05) is 19.6 Å². The van der Waals surface area contributed by atoms with Crippen molar-refractivity contribution in [1.82, 2.24) is 16.0 Å². The molecule has 3 fully saturated rings. The summed E-state index contributed by atoms with van der Waals surface area (Å²) in [7, 11) is 0. The van der Waals surface area contributed by atoms with E-state index >= 15 is 0 Å². The summed E-state index contributed by atoms with van der Waals surface area (Å²) in [5, 5.41) is 9.67. The second-order valence-electron chi connectivity index (χ2n) is 6.19. The molecule has 126 valence electrons. The molecule has 3 N–H and O–H groups in total. The van der Waals surface area contributed by atoms with Crippen LogP contribution < -0.4 is 16.0 Å². The molecule has 0 aromatic carbocycles. The van der Waals surface area contributed by atoms with Gasteiger partial charge < -0.3 is 20.7 Å². The molecule has 7 heteroatoms. The number of hydrogen-bond acceptors (Lipinski definition) is 3. The van der Waals surface area contributed by atoms with Crippen LogP contribution in [-0.2, 0) is 9.53 Å². The fourth-order valence-corrected chi connectivity index (χ4v) is 3.12. The van der Waals surface area contributed by atoms with Gasteiger partial charge in [-0.25, -0.2) is 0 Å². The van der Waals surface area contributed by atoms with Crippen LogP contribution in [0.5, 0.6) is 0 Å². The van der Waals surface area contributed by atoms with E-state index in [0.717, 1.165) is 38.2 Å². The van der Waals surface area contributed by atoms with Gasteiger partial charge in [-0.1, -0.05) is 0 Å². The molecule has 0 aromatic heterocycles. The monoisotopic (exact) mass is 422 g/mol. The first-order valence-corrected chi connectivity index (χ1v) is 8.24. The maximum atomic E-state index is 11.5. The van der Waals surface area contributed by atoms with Crippen LogP contribution in [0.2, 0.25) is 0 Å². The fourth-order valence-electron chi connectivity index (χ4n) is 3.12. The van der Waals surface area contributed by atoms with Crippen LogP contribution in [-0.4, -0.2) is 49.8 Å². The summed E-state index contributed by atoms with van der Waals surface area (Å²) in [6.07, 6.45) is 6.30. The average molecular weight is 422 g/mol. The number of halogens is 1. The Morgan fingerprint density at radius 1 is 1.23 bits per heavy atom. The molecule has 3 aliphatic rings. The van der Waals surface area contributed by atoms with Crippen LogP contribution >= 0.6 is 24.0 Å². The van der Waals surface area contributed by atoms with Gasteiger partial charge in [0.05, 0.1) is 24.8 Å². The van der Waals surface area contributed by atoms with Crippen molar-refractivity contribution in [3.8, 4) is 0 Å². The standard InChI is InChI=1S/C15H26N4O2.HI/c1-2-16-15(18-8-7-17-14(20)10-3-4-10)19-12-9-11-5-6-13(12)21-11;/h10-13H,2-9H2,1H3,(H,17,20)(H2,16,18,19);1H. The minimum Gasteiger partial charge on any atom is -0.373 e. The third kappa shape index (κ3) is 4.71. The summed E-state index contributed by atoms with van der Waals surface area (Å²) >= 11 is 0. The Labute approximate surface area is 149 Å². The van der Waals surface area contributed by atoms with Crippen molar-refractivity contribution in [2.24, 2.45) is 10.9 Å². The van der Waals surface area contributed by atoms with Gasteiger partial charge in [0.25, 0.3) is 0 Å². The molecule has 1 aliphatic carbocycles. The van der Waals surface area contributed by atoms with Gasteiger partial charge in [-0.05, 0) is 39.0 Å². The largest absolute Gasteiger partial charge is 0.373 e. The molecule has 1 amide bonds. The first-order chi connectivity index (χ1) is 10.3. The molecule has 0 radical (unpaired) electrons. The van der Waals surface area contributed by atoms with E-state index in [1.807, 2.05) is 0 Å². The highest BCUT2D eigenvalue weighted by Crippen LogP contribution is 2.34. The minimum atomic E-state index is 0. The number of carbonyl (C=O) groups excluding carboxylic acids is 1. The van der Waals surface area contributed by atoms with Gasteiger partial charge in [0, 0.05) is 19.0 Å². The molecule has 2 aliphatic heterocycles. The molecular weight excluding hydrogens is 395 g/mol. The number of fused-ring (bicyclic) bond motifs is 2. The Bertz CT molecular complexity index is 414. The number of aliphatic imine (C=N–C) groups is 1. The topological polar surface area (TPSA) is 74.8 Å². The predicted octanol–water partition coefficient (Wildman–Crippen LogP) is 1.01. The Morgan fingerprint density at radius 3 is 2.64 bits per heavy atom. The quantitative estimate of drug-likeness (QED) is 0.259. The lowest BCUT2D eigenvalue weighted by Gasteiger charge is -2.22. The van der Waals surface area contributed by atoms with E-state index in [1.165, 1.54) is 6.42 Å². The molecule has 0 spiro atoms. The van der Waals surface area contributed by atoms with Crippen LogP contribution in [0.1, 0.15) is 39.0 Å². The Balaban J connectivity index is 0.00000176. The molecule has 2 saturated heterocycles. The lowest BCUT2D eigenvalue weighted by molar-refractivity contribution is -0.122. The van der Waals surface area contributed by atoms with Crippen molar-refractivity contribution in [3.05, 3.63) is 0 Å². The molecule has 2 heterocycles. The normalized spacial score (nSPS) is 29.9. The molecule has 2 bridgehead atoms. The molecule has 6 nitrogen and oxygen atoms in total. The van der Waals surface area contributed by atoms with Crippen molar-refractivity contribution in [2.45, 2.75) is 57.3 Å². The molecule has 0 aromatic rings. The number of ether oxygens (including phenoxy) is 1. The van der Waals surface area contributed by atoms with E-state index in [4.69, 9.17) is 4.74 Å². The van der Waals surface area contributed by atoms with Gasteiger partial charge in [-0.2, -0.15) is 0 Å². The first kappa shape index (κ1) is 17.8. The Kier molecular flexibility index (Phi) is 6.73. The summed E-state index contributed by atoms with van der Waals surface area (Å²) in [4.78, 5) is 16.1. The number of amides is 1. The molecule has 22 heavy (non-hydrogen) atoms. The highest BCUT2D eigenvalue weighted by atomic mass is 127. The van der Waals surface area contributed by atoms with E-state index in [2.05, 4.69) is 27.9 Å². The Morgan fingerprint density at radius 2 is 2.05 bits per heavy atom. The summed E-state index contributed by atoms with van der Waals surface area (Å²) in [5.41, 5.74) is 0. The Hall–Kier alpha value is -0.570. The summed E-state index contributed by atoms with van der Waals surface area (Å²) in [6.45, 7) is 4.11. The van der Waals surface area contributed by atoms with Gasteiger partial charge in [-0.3, -0.25) is 9.79 Å². The van der Waals surface area contributed by atoms with Gasteiger partial charge in [-0.15, -0.1) is 24.0 Å². The zero-order valence-corrected chi connectivity index (χ0v) is 15.5. The number of nitrogens with zero attached hydrogens (tertiary/aromatic N) is 1. The minimum absolute atomic E-state index is 0. The lowest BCUT2D eigenvalue weighted by Crippen LogP contribution is -2.47. The third-order valence-electron chi connectivity index (χ3n) is 4.40. The summed E-state index contributed by atoms with van der Waals surface area (Å²) in [5.74, 6) is 1.29. The SMILES string of the molecule is CCNC(=NCCNC(=O)C1CC1)NC1CC2CCC1O2.I. The van der Waals surface area contributed by atoms with Crippen LogP contribution in [0, 0.1) is 5.92 Å². The third-order valence-corrected chi connectivity index (χ3v) is 4.40. The van der Waals surface area contributed by atoms with Crippen LogP contribution in [0.4, 0.5) is 0 Å². The zero-order valence-electron chi connectivity index (χ0n) is 13.1. The molecule has 3 atom stereocenters. The van der Waals surface area contributed by atoms with Crippen LogP contribution in [0.15, 0.2) is 4.99 Å². The van der Waals surface area contributed by atoms with Gasteiger partial charge >= 0.3 is 0 Å². The van der Waals surface area contributed by atoms with Gasteiger partial charge in [0.15, 0.2) is 5.96 Å². The number of guanidine groups is 1. The number of nitrogens with one attached hydrogen (secondary N) is 3. The van der Waals surface area contributed by atoms with Crippen LogP contribution in [0.3, 0.4) is 0 Å². The van der Waals surface area contributed by atoms with E-state index in [-0.39, 0.29) is 35.8 Å². The summed E-state index contributed by atoms with van der Waals surface area (Å²) in [6, 6.07) is 0.377. The van der Waals surface area contributed by atoms with Crippen molar-refractivity contribution < 1.29 is 9.53 Å². The number of carbonyl (C=O) groups is 1. The lowest BCUT2D eigenvalue weighted by atomic mass is 9.96. The van der Waals surface area contributed by atoms with Crippen molar-refractivity contribution in [1.29, 1.82) is 0 Å². The second kappa shape index (κ2) is 8.33. The van der Waals surface area contributed by atoms with E-state index in [9.17, 15) is 4.79 Å². The maximum absolute atomic E-state index is 11.5. The maximum Gasteiger partial charge on any atom is 0.223 e.